The SMILES string of the molecule is Cc1ccc(OCCCN)c(CCCc2ccccc2)c1C.Cl. The van der Waals surface area contributed by atoms with Crippen LogP contribution >= 0.6 is 12.4 Å². The molecular weight excluding hydrogens is 306 g/mol. The zero-order valence-corrected chi connectivity index (χ0v) is 15.0. The van der Waals surface area contributed by atoms with Crippen LogP contribution in [0.25, 0.3) is 0 Å². The second-order valence-electron chi connectivity index (χ2n) is 5.81. The molecule has 0 atom stereocenters. The third kappa shape index (κ3) is 5.89. The van der Waals surface area contributed by atoms with E-state index in [1.54, 1.807) is 0 Å². The lowest BCUT2D eigenvalue weighted by Crippen LogP contribution is -2.08. The second-order valence-corrected chi connectivity index (χ2v) is 5.81. The van der Waals surface area contributed by atoms with Crippen molar-refractivity contribution in [3.8, 4) is 5.75 Å². The van der Waals surface area contributed by atoms with Gasteiger partial charge < -0.3 is 10.5 Å². The molecule has 0 fully saturated rings. The van der Waals surface area contributed by atoms with Crippen molar-refractivity contribution >= 4 is 12.4 Å². The molecule has 2 aromatic rings. The summed E-state index contributed by atoms with van der Waals surface area (Å²) in [5.41, 5.74) is 11.0. The van der Waals surface area contributed by atoms with Gasteiger partial charge in [0, 0.05) is 0 Å². The summed E-state index contributed by atoms with van der Waals surface area (Å²) in [5.74, 6) is 1.03. The van der Waals surface area contributed by atoms with E-state index in [1.807, 2.05) is 0 Å². The maximum Gasteiger partial charge on any atom is 0.122 e. The highest BCUT2D eigenvalue weighted by atomic mass is 35.5. The van der Waals surface area contributed by atoms with Crippen LogP contribution in [0.1, 0.15) is 35.1 Å². The minimum Gasteiger partial charge on any atom is -0.493 e. The van der Waals surface area contributed by atoms with Crippen molar-refractivity contribution in [1.82, 2.24) is 0 Å². The highest BCUT2D eigenvalue weighted by Crippen LogP contribution is 2.27. The lowest BCUT2D eigenvalue weighted by atomic mass is 9.96. The van der Waals surface area contributed by atoms with Crippen LogP contribution in [-0.4, -0.2) is 13.2 Å². The summed E-state index contributed by atoms with van der Waals surface area (Å²) in [5, 5.41) is 0. The Bertz CT molecular complexity index is 584. The van der Waals surface area contributed by atoms with E-state index in [0.717, 1.165) is 31.4 Å². The molecule has 0 aliphatic rings. The first-order chi connectivity index (χ1) is 10.7. The minimum atomic E-state index is 0. The van der Waals surface area contributed by atoms with Crippen molar-refractivity contribution in [3.63, 3.8) is 0 Å². The summed E-state index contributed by atoms with van der Waals surface area (Å²) in [7, 11) is 0. The Morgan fingerprint density at radius 1 is 0.913 bits per heavy atom. The van der Waals surface area contributed by atoms with Gasteiger partial charge in [0.15, 0.2) is 0 Å². The summed E-state index contributed by atoms with van der Waals surface area (Å²) in [6, 6.07) is 14.9. The zero-order chi connectivity index (χ0) is 15.8. The van der Waals surface area contributed by atoms with Crippen LogP contribution in [0.4, 0.5) is 0 Å². The number of halogens is 1. The van der Waals surface area contributed by atoms with Gasteiger partial charge in [0.1, 0.15) is 5.75 Å². The Morgan fingerprint density at radius 2 is 1.65 bits per heavy atom. The van der Waals surface area contributed by atoms with E-state index < -0.39 is 0 Å². The van der Waals surface area contributed by atoms with Crippen LogP contribution in [0, 0.1) is 13.8 Å². The van der Waals surface area contributed by atoms with Gasteiger partial charge in [-0.1, -0.05) is 36.4 Å². The van der Waals surface area contributed by atoms with E-state index in [-0.39, 0.29) is 12.4 Å². The number of benzene rings is 2. The standard InChI is InChI=1S/C20H27NO.ClH/c1-16-12-13-20(22-15-7-14-21)19(17(16)2)11-6-10-18-8-4-3-5-9-18;/h3-5,8-9,12-13H,6-7,10-11,14-15,21H2,1-2H3;1H. The molecule has 2 nitrogen and oxygen atoms in total. The van der Waals surface area contributed by atoms with Crippen LogP contribution in [0.15, 0.2) is 42.5 Å². The van der Waals surface area contributed by atoms with Crippen LogP contribution < -0.4 is 10.5 Å². The molecule has 0 aliphatic heterocycles. The van der Waals surface area contributed by atoms with Gasteiger partial charge in [-0.05, 0) is 74.4 Å². The van der Waals surface area contributed by atoms with Gasteiger partial charge in [-0.3, -0.25) is 0 Å². The molecule has 0 saturated heterocycles. The van der Waals surface area contributed by atoms with Crippen LogP contribution in [0.2, 0.25) is 0 Å². The van der Waals surface area contributed by atoms with Crippen molar-refractivity contribution in [2.45, 2.75) is 39.5 Å². The van der Waals surface area contributed by atoms with E-state index >= 15 is 0 Å². The number of rotatable bonds is 8. The summed E-state index contributed by atoms with van der Waals surface area (Å²) in [6.45, 7) is 5.74. The molecule has 2 aromatic carbocycles. The third-order valence-electron chi connectivity index (χ3n) is 4.17. The highest BCUT2D eigenvalue weighted by molar-refractivity contribution is 5.85. The van der Waals surface area contributed by atoms with Gasteiger partial charge in [-0.2, -0.15) is 0 Å². The molecule has 0 spiro atoms. The monoisotopic (exact) mass is 333 g/mol. The second kappa shape index (κ2) is 10.3. The lowest BCUT2D eigenvalue weighted by Gasteiger charge is -2.16. The van der Waals surface area contributed by atoms with Crippen LogP contribution in [0.3, 0.4) is 0 Å². The predicted molar refractivity (Wildman–Crippen MR) is 101 cm³/mol. The number of aryl methyl sites for hydroxylation is 2. The quantitative estimate of drug-likeness (QED) is 0.715. The van der Waals surface area contributed by atoms with Crippen molar-refractivity contribution in [1.29, 1.82) is 0 Å². The summed E-state index contributed by atoms with van der Waals surface area (Å²) >= 11 is 0. The zero-order valence-electron chi connectivity index (χ0n) is 14.2. The lowest BCUT2D eigenvalue weighted by molar-refractivity contribution is 0.309. The molecule has 0 unspecified atom stereocenters. The highest BCUT2D eigenvalue weighted by Gasteiger charge is 2.09. The van der Waals surface area contributed by atoms with Crippen molar-refractivity contribution in [2.24, 2.45) is 5.73 Å². The Hall–Kier alpha value is -1.51. The maximum atomic E-state index is 5.94. The van der Waals surface area contributed by atoms with E-state index in [1.165, 1.54) is 22.3 Å². The number of hydrogen-bond acceptors (Lipinski definition) is 2. The Labute approximate surface area is 146 Å². The molecule has 3 heteroatoms. The van der Waals surface area contributed by atoms with E-state index in [4.69, 9.17) is 10.5 Å². The average Bonchev–Trinajstić information content (AvgIpc) is 2.54. The fraction of sp³-hybridized carbons (Fsp3) is 0.400. The minimum absolute atomic E-state index is 0. The molecule has 0 aliphatic carbocycles. The number of nitrogens with two attached hydrogens (primary N) is 1. The summed E-state index contributed by atoms with van der Waals surface area (Å²) < 4.78 is 5.94. The largest absolute Gasteiger partial charge is 0.493 e. The van der Waals surface area contributed by atoms with Gasteiger partial charge >= 0.3 is 0 Å². The molecule has 0 aromatic heterocycles. The predicted octanol–water partition coefficient (Wildman–Crippen LogP) is 4.63. The van der Waals surface area contributed by atoms with Crippen molar-refractivity contribution in [2.75, 3.05) is 13.2 Å². The molecule has 0 radical (unpaired) electrons. The molecule has 0 amide bonds. The normalized spacial score (nSPS) is 10.2. The first-order valence-corrected chi connectivity index (χ1v) is 8.18. The average molecular weight is 334 g/mol. The third-order valence-corrected chi connectivity index (χ3v) is 4.17. The fourth-order valence-corrected chi connectivity index (χ4v) is 2.67. The molecule has 0 bridgehead atoms. The molecule has 2 N–H and O–H groups in total. The molecular formula is C20H28ClNO. The van der Waals surface area contributed by atoms with Crippen LogP contribution in [-0.2, 0) is 12.8 Å². The summed E-state index contributed by atoms with van der Waals surface area (Å²) in [4.78, 5) is 0. The van der Waals surface area contributed by atoms with E-state index in [2.05, 4.69) is 56.3 Å². The van der Waals surface area contributed by atoms with Gasteiger partial charge in [-0.15, -0.1) is 12.4 Å². The first kappa shape index (κ1) is 19.5. The number of ether oxygens (including phenoxy) is 1. The molecule has 2 rings (SSSR count). The molecule has 0 saturated carbocycles. The fourth-order valence-electron chi connectivity index (χ4n) is 2.67. The van der Waals surface area contributed by atoms with Crippen LogP contribution in [0.5, 0.6) is 5.75 Å². The van der Waals surface area contributed by atoms with Crippen molar-refractivity contribution in [3.05, 3.63) is 64.7 Å². The first-order valence-electron chi connectivity index (χ1n) is 8.18. The van der Waals surface area contributed by atoms with E-state index in [0.29, 0.717) is 13.2 Å². The Morgan fingerprint density at radius 3 is 2.35 bits per heavy atom. The summed E-state index contributed by atoms with van der Waals surface area (Å²) in [6.07, 6.45) is 4.20. The topological polar surface area (TPSA) is 35.2 Å². The van der Waals surface area contributed by atoms with Gasteiger partial charge in [0.05, 0.1) is 6.61 Å². The van der Waals surface area contributed by atoms with Gasteiger partial charge in [0.25, 0.3) is 0 Å². The number of hydrogen-bond donors (Lipinski definition) is 1. The van der Waals surface area contributed by atoms with Gasteiger partial charge in [0.2, 0.25) is 0 Å². The van der Waals surface area contributed by atoms with Gasteiger partial charge in [-0.25, -0.2) is 0 Å². The van der Waals surface area contributed by atoms with Crippen molar-refractivity contribution < 1.29 is 4.74 Å². The molecule has 0 heterocycles. The van der Waals surface area contributed by atoms with E-state index in [9.17, 15) is 0 Å². The smallest absolute Gasteiger partial charge is 0.122 e. The maximum absolute atomic E-state index is 5.94. The molecule has 23 heavy (non-hydrogen) atoms. The Balaban J connectivity index is 0.00000264. The molecule has 126 valence electrons. The Kier molecular flexibility index (Phi) is 8.75.